The van der Waals surface area contributed by atoms with E-state index < -0.39 is 0 Å². The van der Waals surface area contributed by atoms with Crippen molar-refractivity contribution in [1.82, 2.24) is 9.88 Å². The van der Waals surface area contributed by atoms with E-state index in [9.17, 15) is 9.50 Å². The average Bonchev–Trinajstić information content (AvgIpc) is 3.09. The summed E-state index contributed by atoms with van der Waals surface area (Å²) in [6, 6.07) is 4.41. The zero-order chi connectivity index (χ0) is 14.4. The molecule has 112 valence electrons. The molecule has 1 aromatic carbocycles. The molecule has 1 aliphatic heterocycles. The predicted molar refractivity (Wildman–Crippen MR) is 76.1 cm³/mol. The number of fused-ring (bicyclic) bond motifs is 2. The van der Waals surface area contributed by atoms with Crippen molar-refractivity contribution in [3.8, 4) is 0 Å². The van der Waals surface area contributed by atoms with Gasteiger partial charge in [0.2, 0.25) is 5.89 Å². The van der Waals surface area contributed by atoms with Crippen molar-refractivity contribution < 1.29 is 13.9 Å². The Kier molecular flexibility index (Phi) is 3.01. The van der Waals surface area contributed by atoms with Crippen LogP contribution >= 0.6 is 0 Å². The molecule has 0 unspecified atom stereocenters. The number of halogens is 1. The predicted octanol–water partition coefficient (Wildman–Crippen LogP) is 2.56. The van der Waals surface area contributed by atoms with Gasteiger partial charge in [0.15, 0.2) is 5.58 Å². The largest absolute Gasteiger partial charge is 0.439 e. The lowest BCUT2D eigenvalue weighted by Gasteiger charge is -2.25. The number of aromatic nitrogens is 1. The summed E-state index contributed by atoms with van der Waals surface area (Å²) in [6.07, 6.45) is 3.54. The first kappa shape index (κ1) is 13.2. The molecule has 2 atom stereocenters. The van der Waals surface area contributed by atoms with E-state index in [0.29, 0.717) is 29.5 Å². The first-order valence-corrected chi connectivity index (χ1v) is 7.57. The molecule has 1 saturated heterocycles. The van der Waals surface area contributed by atoms with Crippen LogP contribution in [0, 0.1) is 17.2 Å². The maximum Gasteiger partial charge on any atom is 0.209 e. The average molecular weight is 290 g/mol. The van der Waals surface area contributed by atoms with E-state index in [4.69, 9.17) is 4.42 Å². The van der Waals surface area contributed by atoms with Gasteiger partial charge in [0.1, 0.15) is 11.3 Å². The molecular weight excluding hydrogens is 271 g/mol. The highest BCUT2D eigenvalue weighted by atomic mass is 19.1. The third-order valence-electron chi connectivity index (χ3n) is 5.18. The summed E-state index contributed by atoms with van der Waals surface area (Å²) in [6.45, 7) is 2.80. The van der Waals surface area contributed by atoms with Crippen molar-refractivity contribution in [2.75, 3.05) is 19.7 Å². The Balaban J connectivity index is 1.53. The Bertz CT molecular complexity index is 671. The zero-order valence-corrected chi connectivity index (χ0v) is 11.9. The van der Waals surface area contributed by atoms with E-state index in [1.54, 1.807) is 6.07 Å². The van der Waals surface area contributed by atoms with E-state index in [2.05, 4.69) is 9.88 Å². The molecule has 1 aliphatic carbocycles. The smallest absolute Gasteiger partial charge is 0.209 e. The minimum Gasteiger partial charge on any atom is -0.439 e. The van der Waals surface area contributed by atoms with Gasteiger partial charge in [-0.05, 0) is 30.9 Å². The van der Waals surface area contributed by atoms with E-state index in [1.807, 2.05) is 0 Å². The molecule has 21 heavy (non-hydrogen) atoms. The Morgan fingerprint density at radius 2 is 2.38 bits per heavy atom. The zero-order valence-electron chi connectivity index (χ0n) is 11.9. The Morgan fingerprint density at radius 3 is 3.19 bits per heavy atom. The van der Waals surface area contributed by atoms with Gasteiger partial charge in [-0.3, -0.25) is 4.90 Å². The molecule has 4 nitrogen and oxygen atoms in total. The molecule has 1 saturated carbocycles. The molecule has 2 aromatic rings. The Morgan fingerprint density at radius 1 is 1.48 bits per heavy atom. The van der Waals surface area contributed by atoms with Gasteiger partial charge in [-0.25, -0.2) is 9.37 Å². The SMILES string of the molecule is OC[C@]12CCC[C@H]1CN(Cc1nc3cc(F)ccc3o1)C2. The molecule has 1 N–H and O–H groups in total. The molecule has 5 heteroatoms. The molecule has 4 rings (SSSR count). The van der Waals surface area contributed by atoms with Crippen molar-refractivity contribution in [2.24, 2.45) is 11.3 Å². The molecule has 0 amide bonds. The molecule has 2 heterocycles. The number of likely N-dealkylation sites (tertiary alicyclic amines) is 1. The van der Waals surface area contributed by atoms with Crippen molar-refractivity contribution in [1.29, 1.82) is 0 Å². The molecule has 2 aliphatic rings. The van der Waals surface area contributed by atoms with Gasteiger partial charge < -0.3 is 9.52 Å². The van der Waals surface area contributed by atoms with Crippen LogP contribution in [0.25, 0.3) is 11.1 Å². The summed E-state index contributed by atoms with van der Waals surface area (Å²) >= 11 is 0. The topological polar surface area (TPSA) is 49.5 Å². The number of benzene rings is 1. The summed E-state index contributed by atoms with van der Waals surface area (Å²) in [5, 5.41) is 9.75. The highest BCUT2D eigenvalue weighted by Gasteiger charge is 2.48. The lowest BCUT2D eigenvalue weighted by atomic mass is 9.82. The van der Waals surface area contributed by atoms with Gasteiger partial charge in [-0.15, -0.1) is 0 Å². The molecular formula is C16H19FN2O2. The summed E-state index contributed by atoms with van der Waals surface area (Å²) in [5.41, 5.74) is 1.28. The number of hydrogen-bond donors (Lipinski definition) is 1. The fourth-order valence-corrected chi connectivity index (χ4v) is 4.11. The molecule has 0 radical (unpaired) electrons. The van der Waals surface area contributed by atoms with Crippen LogP contribution in [0.3, 0.4) is 0 Å². The van der Waals surface area contributed by atoms with Gasteiger partial charge in [0.05, 0.1) is 13.2 Å². The first-order chi connectivity index (χ1) is 10.2. The Hall–Kier alpha value is -1.46. The van der Waals surface area contributed by atoms with Crippen LogP contribution in [0.1, 0.15) is 25.2 Å². The van der Waals surface area contributed by atoms with E-state index in [0.717, 1.165) is 19.5 Å². The molecule has 1 aromatic heterocycles. The monoisotopic (exact) mass is 290 g/mol. The highest BCUT2D eigenvalue weighted by molar-refractivity contribution is 5.72. The summed E-state index contributed by atoms with van der Waals surface area (Å²) in [5.74, 6) is 0.922. The lowest BCUT2D eigenvalue weighted by Crippen LogP contribution is -2.30. The van der Waals surface area contributed by atoms with Crippen molar-refractivity contribution in [2.45, 2.75) is 25.8 Å². The van der Waals surface area contributed by atoms with E-state index in [1.165, 1.54) is 25.0 Å². The second-order valence-electron chi connectivity index (χ2n) is 6.50. The van der Waals surface area contributed by atoms with Crippen LogP contribution in [0.15, 0.2) is 22.6 Å². The maximum atomic E-state index is 13.2. The second kappa shape index (κ2) is 4.78. The van der Waals surface area contributed by atoms with E-state index >= 15 is 0 Å². The van der Waals surface area contributed by atoms with Crippen molar-refractivity contribution in [3.05, 3.63) is 29.9 Å². The standard InChI is InChI=1S/C16H19FN2O2/c17-12-3-4-14-13(6-12)18-15(21-14)8-19-7-11-2-1-5-16(11,9-19)10-20/h3-4,6,11,20H,1-2,5,7-10H2/t11-,16+/m0/s1. The van der Waals surface area contributed by atoms with Crippen LogP contribution < -0.4 is 0 Å². The van der Waals surface area contributed by atoms with Gasteiger partial charge in [-0.1, -0.05) is 6.42 Å². The van der Waals surface area contributed by atoms with Crippen LogP contribution in [-0.4, -0.2) is 34.7 Å². The third kappa shape index (κ3) is 2.15. The second-order valence-corrected chi connectivity index (χ2v) is 6.50. The van der Waals surface area contributed by atoms with Crippen LogP contribution in [-0.2, 0) is 6.54 Å². The quantitative estimate of drug-likeness (QED) is 0.944. The normalized spacial score (nSPS) is 29.3. The van der Waals surface area contributed by atoms with Crippen molar-refractivity contribution in [3.63, 3.8) is 0 Å². The fraction of sp³-hybridized carbons (Fsp3) is 0.562. The van der Waals surface area contributed by atoms with Crippen LogP contribution in [0.2, 0.25) is 0 Å². The van der Waals surface area contributed by atoms with Gasteiger partial charge in [0, 0.05) is 24.6 Å². The maximum absolute atomic E-state index is 13.2. The number of hydrogen-bond acceptors (Lipinski definition) is 4. The van der Waals surface area contributed by atoms with Crippen LogP contribution in [0.5, 0.6) is 0 Å². The lowest BCUT2D eigenvalue weighted by molar-refractivity contribution is 0.110. The van der Waals surface area contributed by atoms with Crippen molar-refractivity contribution >= 4 is 11.1 Å². The number of nitrogens with zero attached hydrogens (tertiary/aromatic N) is 2. The van der Waals surface area contributed by atoms with Crippen LogP contribution in [0.4, 0.5) is 4.39 Å². The molecule has 2 fully saturated rings. The number of oxazole rings is 1. The number of aliphatic hydroxyl groups excluding tert-OH is 1. The summed E-state index contributed by atoms with van der Waals surface area (Å²) in [7, 11) is 0. The third-order valence-corrected chi connectivity index (χ3v) is 5.18. The fourth-order valence-electron chi connectivity index (χ4n) is 4.11. The van der Waals surface area contributed by atoms with Gasteiger partial charge in [-0.2, -0.15) is 0 Å². The minimum atomic E-state index is -0.294. The van der Waals surface area contributed by atoms with Gasteiger partial charge >= 0.3 is 0 Å². The summed E-state index contributed by atoms with van der Waals surface area (Å²) in [4.78, 5) is 6.68. The first-order valence-electron chi connectivity index (χ1n) is 7.57. The number of rotatable bonds is 3. The molecule has 0 bridgehead atoms. The van der Waals surface area contributed by atoms with E-state index in [-0.39, 0.29) is 17.8 Å². The summed E-state index contributed by atoms with van der Waals surface area (Å²) < 4.78 is 18.9. The highest BCUT2D eigenvalue weighted by Crippen LogP contribution is 2.48. The number of aliphatic hydroxyl groups is 1. The molecule has 0 spiro atoms. The minimum absolute atomic E-state index is 0.0815. The van der Waals surface area contributed by atoms with Gasteiger partial charge in [0.25, 0.3) is 0 Å². The Labute approximate surface area is 122 Å².